The van der Waals surface area contributed by atoms with Crippen molar-refractivity contribution in [3.05, 3.63) is 164 Å². The summed E-state index contributed by atoms with van der Waals surface area (Å²) >= 11 is 1.87. The Bertz CT molecular complexity index is 2760. The highest BCUT2D eigenvalue weighted by Gasteiger charge is 2.20. The molecule has 3 heterocycles. The molecule has 3 nitrogen and oxygen atoms in total. The maximum atomic E-state index is 5.07. The lowest BCUT2D eigenvalue weighted by atomic mass is 9.94. The largest absolute Gasteiger partial charge is 0.276 e. The Hall–Kier alpha value is -6.10. The molecule has 48 heavy (non-hydrogen) atoms. The molecule has 0 unspecified atom stereocenters. The van der Waals surface area contributed by atoms with E-state index in [2.05, 4.69) is 156 Å². The molecule has 4 heteroatoms. The highest BCUT2D eigenvalue weighted by Crippen LogP contribution is 2.44. The van der Waals surface area contributed by atoms with E-state index in [9.17, 15) is 0 Å². The van der Waals surface area contributed by atoms with Crippen LogP contribution in [0.25, 0.3) is 92.1 Å². The van der Waals surface area contributed by atoms with Crippen molar-refractivity contribution in [1.29, 1.82) is 0 Å². The Morgan fingerprint density at radius 2 is 0.938 bits per heavy atom. The minimum absolute atomic E-state index is 0.669. The van der Waals surface area contributed by atoms with Gasteiger partial charge in [-0.25, -0.2) is 9.97 Å². The molecule has 0 aliphatic carbocycles. The van der Waals surface area contributed by atoms with Gasteiger partial charge in [-0.3, -0.25) is 4.57 Å². The van der Waals surface area contributed by atoms with Crippen LogP contribution in [0.4, 0.5) is 0 Å². The van der Waals surface area contributed by atoms with Gasteiger partial charge in [0.25, 0.3) is 0 Å². The number of rotatable bonds is 4. The number of hydrogen-bond acceptors (Lipinski definition) is 3. The van der Waals surface area contributed by atoms with Gasteiger partial charge < -0.3 is 0 Å². The SMILES string of the molecule is c1ccc(-c2cc(-c3ccccc3)cc(-c3cnc(-n4c5ccccc5c5ccc6c7ccc8ccccc8c7sc6c54)nc3)c2)cc1. The molecule has 3 aromatic heterocycles. The van der Waals surface area contributed by atoms with Gasteiger partial charge in [0, 0.05) is 44.2 Å². The van der Waals surface area contributed by atoms with E-state index >= 15 is 0 Å². The molecule has 0 N–H and O–H groups in total. The van der Waals surface area contributed by atoms with Gasteiger partial charge in [-0.1, -0.05) is 127 Å². The number of hydrogen-bond donors (Lipinski definition) is 0. The fraction of sp³-hybridized carbons (Fsp3) is 0. The van der Waals surface area contributed by atoms with E-state index in [1.54, 1.807) is 0 Å². The molecule has 10 aromatic rings. The summed E-state index contributed by atoms with van der Waals surface area (Å²) in [6.45, 7) is 0. The third-order valence-electron chi connectivity index (χ3n) is 9.48. The van der Waals surface area contributed by atoms with E-state index < -0.39 is 0 Å². The number of para-hydroxylation sites is 1. The highest BCUT2D eigenvalue weighted by atomic mass is 32.1. The predicted molar refractivity (Wildman–Crippen MR) is 203 cm³/mol. The van der Waals surface area contributed by atoms with E-state index in [1.807, 2.05) is 23.7 Å². The normalized spacial score (nSPS) is 11.8. The number of benzene rings is 7. The van der Waals surface area contributed by atoms with Crippen molar-refractivity contribution in [2.45, 2.75) is 0 Å². The molecule has 0 radical (unpaired) electrons. The van der Waals surface area contributed by atoms with Crippen molar-refractivity contribution in [1.82, 2.24) is 14.5 Å². The second kappa shape index (κ2) is 10.7. The molecule has 0 atom stereocenters. The lowest BCUT2D eigenvalue weighted by molar-refractivity contribution is 0.993. The number of fused-ring (bicyclic) bond motifs is 9. The first-order valence-corrected chi connectivity index (χ1v) is 17.0. The van der Waals surface area contributed by atoms with Gasteiger partial charge >= 0.3 is 0 Å². The minimum Gasteiger partial charge on any atom is -0.276 e. The first-order chi connectivity index (χ1) is 23.8. The number of nitrogens with zero attached hydrogens (tertiary/aromatic N) is 3. The van der Waals surface area contributed by atoms with Crippen LogP contribution in [0, 0.1) is 0 Å². The van der Waals surface area contributed by atoms with Crippen molar-refractivity contribution < 1.29 is 0 Å². The summed E-state index contributed by atoms with van der Waals surface area (Å²) in [5.41, 5.74) is 9.02. The fourth-order valence-corrected chi connectivity index (χ4v) is 8.57. The van der Waals surface area contributed by atoms with Crippen molar-refractivity contribution >= 4 is 64.1 Å². The summed E-state index contributed by atoms with van der Waals surface area (Å²) in [6, 6.07) is 54.2. The molecule has 0 bridgehead atoms. The quantitative estimate of drug-likeness (QED) is 0.194. The van der Waals surface area contributed by atoms with Gasteiger partial charge in [-0.2, -0.15) is 0 Å². The van der Waals surface area contributed by atoms with Crippen LogP contribution >= 0.6 is 11.3 Å². The number of thiophene rings is 1. The van der Waals surface area contributed by atoms with Gasteiger partial charge in [0.1, 0.15) is 0 Å². The molecule has 10 rings (SSSR count). The molecule has 0 aliphatic heterocycles. The van der Waals surface area contributed by atoms with Gasteiger partial charge in [0.2, 0.25) is 5.95 Å². The fourth-order valence-electron chi connectivity index (χ4n) is 7.19. The van der Waals surface area contributed by atoms with E-state index in [0.717, 1.165) is 33.3 Å². The summed E-state index contributed by atoms with van der Waals surface area (Å²) in [5.74, 6) is 0.669. The Balaban J connectivity index is 1.18. The molecule has 0 saturated heterocycles. The standard InChI is InChI=1S/C44H27N3S/c1-3-11-28(12-4-1)31-23-32(29-13-5-2-6-14-29)25-33(24-31)34-26-45-44(46-27-34)47-40-18-10-9-17-36(40)37-21-22-39-38-20-19-30-15-7-8-16-35(30)42(38)48-43(39)41(37)47/h1-27H. The molecule has 0 amide bonds. The topological polar surface area (TPSA) is 30.7 Å². The second-order valence-electron chi connectivity index (χ2n) is 12.3. The molecule has 0 saturated carbocycles. The third kappa shape index (κ3) is 4.20. The minimum atomic E-state index is 0.669. The summed E-state index contributed by atoms with van der Waals surface area (Å²) in [4.78, 5) is 10.1. The zero-order valence-corrected chi connectivity index (χ0v) is 26.7. The van der Waals surface area contributed by atoms with Crippen LogP contribution in [-0.2, 0) is 0 Å². The van der Waals surface area contributed by atoms with Crippen molar-refractivity contribution in [3.8, 4) is 39.3 Å². The van der Waals surface area contributed by atoms with Crippen LogP contribution in [-0.4, -0.2) is 14.5 Å². The van der Waals surface area contributed by atoms with Crippen molar-refractivity contribution in [2.75, 3.05) is 0 Å². The zero-order chi connectivity index (χ0) is 31.6. The monoisotopic (exact) mass is 629 g/mol. The lowest BCUT2D eigenvalue weighted by Gasteiger charge is -2.12. The van der Waals surface area contributed by atoms with Crippen LogP contribution in [0.5, 0.6) is 0 Å². The van der Waals surface area contributed by atoms with Gasteiger partial charge in [0.15, 0.2) is 0 Å². The van der Waals surface area contributed by atoms with Crippen molar-refractivity contribution in [3.63, 3.8) is 0 Å². The predicted octanol–water partition coefficient (Wildman–Crippen LogP) is 12.1. The Morgan fingerprint density at radius 1 is 0.396 bits per heavy atom. The van der Waals surface area contributed by atoms with E-state index in [1.165, 1.54) is 52.8 Å². The van der Waals surface area contributed by atoms with Gasteiger partial charge in [-0.05, 0) is 62.9 Å². The average Bonchev–Trinajstić information content (AvgIpc) is 3.72. The number of aromatic nitrogens is 3. The van der Waals surface area contributed by atoms with Crippen molar-refractivity contribution in [2.24, 2.45) is 0 Å². The molecule has 224 valence electrons. The Kier molecular flexibility index (Phi) is 6.05. The smallest absolute Gasteiger partial charge is 0.234 e. The second-order valence-corrected chi connectivity index (χ2v) is 13.3. The third-order valence-corrected chi connectivity index (χ3v) is 10.7. The summed E-state index contributed by atoms with van der Waals surface area (Å²) in [6.07, 6.45) is 3.95. The summed E-state index contributed by atoms with van der Waals surface area (Å²) in [7, 11) is 0. The van der Waals surface area contributed by atoms with Gasteiger partial charge in [-0.15, -0.1) is 11.3 Å². The van der Waals surface area contributed by atoms with Crippen LogP contribution in [0.2, 0.25) is 0 Å². The van der Waals surface area contributed by atoms with Crippen LogP contribution < -0.4 is 0 Å². The molecule has 0 fully saturated rings. The van der Waals surface area contributed by atoms with E-state index in [0.29, 0.717) is 5.95 Å². The lowest BCUT2D eigenvalue weighted by Crippen LogP contribution is -2.01. The zero-order valence-electron chi connectivity index (χ0n) is 25.8. The Labute approximate surface area is 281 Å². The summed E-state index contributed by atoms with van der Waals surface area (Å²) < 4.78 is 4.83. The first-order valence-electron chi connectivity index (χ1n) is 16.1. The highest BCUT2D eigenvalue weighted by molar-refractivity contribution is 7.27. The molecular weight excluding hydrogens is 603 g/mol. The van der Waals surface area contributed by atoms with Crippen LogP contribution in [0.3, 0.4) is 0 Å². The van der Waals surface area contributed by atoms with E-state index in [4.69, 9.17) is 9.97 Å². The van der Waals surface area contributed by atoms with Crippen LogP contribution in [0.1, 0.15) is 0 Å². The Morgan fingerprint density at radius 3 is 1.65 bits per heavy atom. The van der Waals surface area contributed by atoms with E-state index in [-0.39, 0.29) is 0 Å². The first kappa shape index (κ1) is 27.1. The molecular formula is C44H27N3S. The molecule has 0 spiro atoms. The maximum absolute atomic E-state index is 5.07. The molecule has 7 aromatic carbocycles. The molecule has 0 aliphatic rings. The average molecular weight is 630 g/mol. The van der Waals surface area contributed by atoms with Gasteiger partial charge in [0.05, 0.1) is 15.7 Å². The summed E-state index contributed by atoms with van der Waals surface area (Å²) in [5, 5.41) is 7.52. The van der Waals surface area contributed by atoms with Crippen LogP contribution in [0.15, 0.2) is 164 Å². The maximum Gasteiger partial charge on any atom is 0.234 e.